The fraction of sp³-hybridized carbons (Fsp3) is 0.882. The van der Waals surface area contributed by atoms with Crippen LogP contribution in [0.3, 0.4) is 0 Å². The number of rotatable bonds is 12. The van der Waals surface area contributed by atoms with E-state index in [2.05, 4.69) is 0 Å². The topological polar surface area (TPSA) is 59.1 Å². The molecule has 6 heteroatoms. The quantitative estimate of drug-likeness (QED) is 0.397. The summed E-state index contributed by atoms with van der Waals surface area (Å²) in [6.07, 6.45) is 4.57. The van der Waals surface area contributed by atoms with E-state index < -0.39 is 0 Å². The normalized spacial score (nSPS) is 10.3. The summed E-state index contributed by atoms with van der Waals surface area (Å²) in [6.45, 7) is 10.3. The molecule has 0 aliphatic rings. The molecule has 0 saturated carbocycles. The van der Waals surface area contributed by atoms with E-state index in [9.17, 15) is 9.59 Å². The Kier molecular flexibility index (Phi) is 13.3. The molecule has 0 heterocycles. The molecule has 0 spiro atoms. The van der Waals surface area contributed by atoms with Gasteiger partial charge in [-0.05, 0) is 25.7 Å². The fourth-order valence-electron chi connectivity index (χ4n) is 1.98. The van der Waals surface area contributed by atoms with Crippen LogP contribution in [0.15, 0.2) is 0 Å². The first-order chi connectivity index (χ1) is 11.1. The summed E-state index contributed by atoms with van der Waals surface area (Å²) in [6, 6.07) is 0. The van der Waals surface area contributed by atoms with Gasteiger partial charge in [0.05, 0.1) is 13.2 Å². The second-order valence-corrected chi connectivity index (χ2v) is 5.60. The van der Waals surface area contributed by atoms with Gasteiger partial charge in [0.15, 0.2) is 0 Å². The SMILES string of the molecule is CCCCOC(=O)N(CCC)CN(CCC)C(=O)OCCCC. The monoisotopic (exact) mass is 330 g/mol. The van der Waals surface area contributed by atoms with Crippen molar-refractivity contribution in [1.82, 2.24) is 9.80 Å². The van der Waals surface area contributed by atoms with Gasteiger partial charge in [-0.3, -0.25) is 9.80 Å². The summed E-state index contributed by atoms with van der Waals surface area (Å²) in [5.41, 5.74) is 0. The van der Waals surface area contributed by atoms with Crippen LogP contribution in [0, 0.1) is 0 Å². The summed E-state index contributed by atoms with van der Waals surface area (Å²) in [5.74, 6) is 0. The molecular weight excluding hydrogens is 296 g/mol. The minimum atomic E-state index is -0.359. The first kappa shape index (κ1) is 21.5. The second-order valence-electron chi connectivity index (χ2n) is 5.60. The first-order valence-electron chi connectivity index (χ1n) is 8.93. The van der Waals surface area contributed by atoms with Gasteiger partial charge in [0.2, 0.25) is 0 Å². The third-order valence-electron chi connectivity index (χ3n) is 3.29. The van der Waals surface area contributed by atoms with Gasteiger partial charge in [-0.1, -0.05) is 40.5 Å². The molecule has 23 heavy (non-hydrogen) atoms. The number of ether oxygens (including phenoxy) is 2. The van der Waals surface area contributed by atoms with E-state index in [1.807, 2.05) is 27.7 Å². The van der Waals surface area contributed by atoms with Gasteiger partial charge in [-0.15, -0.1) is 0 Å². The van der Waals surface area contributed by atoms with E-state index in [0.717, 1.165) is 38.5 Å². The fourth-order valence-corrected chi connectivity index (χ4v) is 1.98. The summed E-state index contributed by atoms with van der Waals surface area (Å²) >= 11 is 0. The molecule has 0 bridgehead atoms. The number of nitrogens with zero attached hydrogens (tertiary/aromatic N) is 2. The highest BCUT2D eigenvalue weighted by Gasteiger charge is 2.21. The summed E-state index contributed by atoms with van der Waals surface area (Å²) in [4.78, 5) is 27.5. The highest BCUT2D eigenvalue weighted by molar-refractivity contribution is 5.70. The Morgan fingerprint density at radius 3 is 1.39 bits per heavy atom. The molecule has 0 N–H and O–H groups in total. The van der Waals surface area contributed by atoms with Crippen LogP contribution in [0.5, 0.6) is 0 Å². The van der Waals surface area contributed by atoms with Gasteiger partial charge < -0.3 is 9.47 Å². The Hall–Kier alpha value is -1.46. The van der Waals surface area contributed by atoms with Crippen LogP contribution in [0.25, 0.3) is 0 Å². The lowest BCUT2D eigenvalue weighted by molar-refractivity contribution is 0.0578. The van der Waals surface area contributed by atoms with Crippen molar-refractivity contribution >= 4 is 12.2 Å². The molecule has 0 atom stereocenters. The van der Waals surface area contributed by atoms with Crippen LogP contribution in [0.4, 0.5) is 9.59 Å². The molecule has 0 fully saturated rings. The van der Waals surface area contributed by atoms with Crippen molar-refractivity contribution in [3.05, 3.63) is 0 Å². The van der Waals surface area contributed by atoms with Crippen LogP contribution < -0.4 is 0 Å². The molecule has 0 aliphatic heterocycles. The molecular formula is C17H34N2O4. The van der Waals surface area contributed by atoms with Gasteiger partial charge in [-0.2, -0.15) is 0 Å². The van der Waals surface area contributed by atoms with Gasteiger partial charge in [0.25, 0.3) is 0 Å². The van der Waals surface area contributed by atoms with Gasteiger partial charge >= 0.3 is 12.2 Å². The Balaban J connectivity index is 4.60. The largest absolute Gasteiger partial charge is 0.449 e. The zero-order valence-corrected chi connectivity index (χ0v) is 15.3. The molecule has 6 nitrogen and oxygen atoms in total. The van der Waals surface area contributed by atoms with Gasteiger partial charge in [-0.25, -0.2) is 9.59 Å². The third kappa shape index (κ3) is 10.0. The molecule has 136 valence electrons. The van der Waals surface area contributed by atoms with Gasteiger partial charge in [0.1, 0.15) is 6.67 Å². The molecule has 2 amide bonds. The lowest BCUT2D eigenvalue weighted by Crippen LogP contribution is -2.45. The van der Waals surface area contributed by atoms with Crippen molar-refractivity contribution < 1.29 is 19.1 Å². The van der Waals surface area contributed by atoms with Crippen LogP contribution in [0.2, 0.25) is 0 Å². The number of unbranched alkanes of at least 4 members (excludes halogenated alkanes) is 2. The number of amides is 2. The number of carbonyl (C=O) groups is 2. The predicted octanol–water partition coefficient (Wildman–Crippen LogP) is 4.24. The molecule has 0 aromatic carbocycles. The van der Waals surface area contributed by atoms with E-state index in [4.69, 9.17) is 9.47 Å². The van der Waals surface area contributed by atoms with Crippen LogP contribution in [-0.2, 0) is 9.47 Å². The van der Waals surface area contributed by atoms with Crippen molar-refractivity contribution in [1.29, 1.82) is 0 Å². The van der Waals surface area contributed by atoms with E-state index in [1.165, 1.54) is 0 Å². The van der Waals surface area contributed by atoms with E-state index >= 15 is 0 Å². The highest BCUT2D eigenvalue weighted by atomic mass is 16.6. The van der Waals surface area contributed by atoms with Crippen molar-refractivity contribution in [2.24, 2.45) is 0 Å². The van der Waals surface area contributed by atoms with Gasteiger partial charge in [0, 0.05) is 13.1 Å². The molecule has 0 aliphatic carbocycles. The van der Waals surface area contributed by atoms with Crippen molar-refractivity contribution in [3.63, 3.8) is 0 Å². The van der Waals surface area contributed by atoms with Crippen LogP contribution >= 0.6 is 0 Å². The minimum Gasteiger partial charge on any atom is -0.449 e. The minimum absolute atomic E-state index is 0.220. The predicted molar refractivity (Wildman–Crippen MR) is 91.4 cm³/mol. The maximum atomic E-state index is 12.2. The number of hydrogen-bond donors (Lipinski definition) is 0. The Labute approximate surface area is 141 Å². The maximum absolute atomic E-state index is 12.2. The zero-order chi connectivity index (χ0) is 17.5. The summed E-state index contributed by atoms with van der Waals surface area (Å²) in [7, 11) is 0. The molecule has 0 aromatic rings. The zero-order valence-electron chi connectivity index (χ0n) is 15.3. The standard InChI is InChI=1S/C17H34N2O4/c1-5-9-13-22-16(20)18(11-7-3)15-19(12-8-4)17(21)23-14-10-6-2/h5-15H2,1-4H3. The van der Waals surface area contributed by atoms with Crippen LogP contribution in [-0.4, -0.2) is 55.0 Å². The van der Waals surface area contributed by atoms with E-state index in [0.29, 0.717) is 26.3 Å². The third-order valence-corrected chi connectivity index (χ3v) is 3.29. The lowest BCUT2D eigenvalue weighted by atomic mass is 10.4. The molecule has 0 saturated heterocycles. The summed E-state index contributed by atoms with van der Waals surface area (Å²) in [5, 5.41) is 0. The van der Waals surface area contributed by atoms with Crippen molar-refractivity contribution in [2.45, 2.75) is 66.2 Å². The van der Waals surface area contributed by atoms with Crippen molar-refractivity contribution in [3.8, 4) is 0 Å². The average molecular weight is 330 g/mol. The molecule has 0 rings (SSSR count). The Bertz CT molecular complexity index is 294. The number of hydrogen-bond acceptors (Lipinski definition) is 4. The highest BCUT2D eigenvalue weighted by Crippen LogP contribution is 2.05. The Morgan fingerprint density at radius 2 is 1.09 bits per heavy atom. The smallest absolute Gasteiger partial charge is 0.411 e. The van der Waals surface area contributed by atoms with E-state index in [1.54, 1.807) is 9.80 Å². The lowest BCUT2D eigenvalue weighted by Gasteiger charge is -2.29. The average Bonchev–Trinajstić information content (AvgIpc) is 2.54. The number of carbonyl (C=O) groups excluding carboxylic acids is 2. The molecule has 0 aromatic heterocycles. The summed E-state index contributed by atoms with van der Waals surface area (Å²) < 4.78 is 10.5. The van der Waals surface area contributed by atoms with Crippen LogP contribution in [0.1, 0.15) is 66.2 Å². The first-order valence-corrected chi connectivity index (χ1v) is 8.93. The Morgan fingerprint density at radius 1 is 0.696 bits per heavy atom. The van der Waals surface area contributed by atoms with Crippen molar-refractivity contribution in [2.75, 3.05) is 33.0 Å². The second kappa shape index (κ2) is 14.2. The molecule has 0 radical (unpaired) electrons. The molecule has 0 unspecified atom stereocenters. The maximum Gasteiger partial charge on any atom is 0.411 e. The van der Waals surface area contributed by atoms with E-state index in [-0.39, 0.29) is 18.9 Å².